The van der Waals surface area contributed by atoms with Crippen molar-refractivity contribution in [2.45, 2.75) is 90.3 Å². The van der Waals surface area contributed by atoms with Gasteiger partial charge >= 0.3 is 5.69 Å². The van der Waals surface area contributed by atoms with Crippen LogP contribution in [0.2, 0.25) is 0 Å². The van der Waals surface area contributed by atoms with Gasteiger partial charge < -0.3 is 15.0 Å². The van der Waals surface area contributed by atoms with Crippen molar-refractivity contribution in [3.05, 3.63) is 51.8 Å². The highest BCUT2D eigenvalue weighted by Crippen LogP contribution is 2.37. The highest BCUT2D eigenvalue weighted by atomic mass is 16.5. The standard InChI is InChI=1S/C29H38N6O2/c1-17(2)23-14-27-26(13-24(23)25-15-34-28(30-16-31-34)19(4)18(25)3)33-29(36)35(27)22-7-5-20(6-8-22)32-21-9-11-37-12-10-21/h13-17,20-22,32H,5-12H2,1-4H3,(H,33,36). The minimum Gasteiger partial charge on any atom is -0.381 e. The summed E-state index contributed by atoms with van der Waals surface area (Å²) in [5, 5.41) is 8.26. The van der Waals surface area contributed by atoms with Gasteiger partial charge in [-0.05, 0) is 92.7 Å². The molecule has 0 spiro atoms. The molecule has 4 aromatic rings. The number of nitrogens with one attached hydrogen (secondary N) is 2. The molecule has 1 aliphatic heterocycles. The number of hydrogen-bond acceptors (Lipinski definition) is 5. The second kappa shape index (κ2) is 9.72. The number of hydrogen-bond donors (Lipinski definition) is 2. The van der Waals surface area contributed by atoms with Gasteiger partial charge in [0.05, 0.1) is 11.0 Å². The molecule has 0 amide bonds. The zero-order valence-electron chi connectivity index (χ0n) is 22.4. The van der Waals surface area contributed by atoms with Crippen LogP contribution in [0.25, 0.3) is 27.8 Å². The number of imidazole rings is 1. The summed E-state index contributed by atoms with van der Waals surface area (Å²) < 4.78 is 9.40. The van der Waals surface area contributed by atoms with E-state index < -0.39 is 0 Å². The molecule has 1 saturated carbocycles. The largest absolute Gasteiger partial charge is 0.381 e. The van der Waals surface area contributed by atoms with Crippen LogP contribution in [0.4, 0.5) is 0 Å². The van der Waals surface area contributed by atoms with Crippen LogP contribution in [0.3, 0.4) is 0 Å². The van der Waals surface area contributed by atoms with Gasteiger partial charge in [0.15, 0.2) is 5.65 Å². The fourth-order valence-electron chi connectivity index (χ4n) is 6.43. The van der Waals surface area contributed by atoms with Gasteiger partial charge in [0, 0.05) is 43.1 Å². The smallest absolute Gasteiger partial charge is 0.326 e. The molecule has 8 heteroatoms. The monoisotopic (exact) mass is 502 g/mol. The Morgan fingerprint density at radius 3 is 2.46 bits per heavy atom. The summed E-state index contributed by atoms with van der Waals surface area (Å²) in [5.41, 5.74) is 8.67. The molecule has 196 valence electrons. The van der Waals surface area contributed by atoms with E-state index in [0.29, 0.717) is 18.0 Å². The van der Waals surface area contributed by atoms with Gasteiger partial charge in [-0.15, -0.1) is 0 Å². The summed E-state index contributed by atoms with van der Waals surface area (Å²) >= 11 is 0. The number of pyridine rings is 1. The lowest BCUT2D eigenvalue weighted by Gasteiger charge is -2.34. The predicted molar refractivity (Wildman–Crippen MR) is 146 cm³/mol. The minimum absolute atomic E-state index is 0.00215. The van der Waals surface area contributed by atoms with Gasteiger partial charge in [0.25, 0.3) is 0 Å². The van der Waals surface area contributed by atoms with Crippen molar-refractivity contribution in [2.75, 3.05) is 13.2 Å². The highest BCUT2D eigenvalue weighted by molar-refractivity contribution is 5.86. The van der Waals surface area contributed by atoms with Crippen LogP contribution in [0.5, 0.6) is 0 Å². The average molecular weight is 503 g/mol. The Labute approximate surface area is 217 Å². The minimum atomic E-state index is 0.00215. The van der Waals surface area contributed by atoms with Gasteiger partial charge in [-0.1, -0.05) is 13.8 Å². The maximum absolute atomic E-state index is 13.3. The van der Waals surface area contributed by atoms with Crippen molar-refractivity contribution in [3.8, 4) is 11.1 Å². The molecule has 1 saturated heterocycles. The van der Waals surface area contributed by atoms with E-state index in [-0.39, 0.29) is 11.7 Å². The quantitative estimate of drug-likeness (QED) is 0.399. The molecule has 8 nitrogen and oxygen atoms in total. The molecule has 4 heterocycles. The van der Waals surface area contributed by atoms with E-state index in [4.69, 9.17) is 4.74 Å². The summed E-state index contributed by atoms with van der Waals surface area (Å²) in [5.74, 6) is 0.309. The van der Waals surface area contributed by atoms with Gasteiger partial charge in [-0.25, -0.2) is 14.3 Å². The van der Waals surface area contributed by atoms with E-state index in [1.54, 1.807) is 6.33 Å². The second-order valence-electron chi connectivity index (χ2n) is 11.3. The lowest BCUT2D eigenvalue weighted by Crippen LogP contribution is -2.43. The van der Waals surface area contributed by atoms with Crippen LogP contribution in [0.1, 0.15) is 81.0 Å². The summed E-state index contributed by atoms with van der Waals surface area (Å²) in [6.07, 6.45) is 10.1. The third-order valence-corrected chi connectivity index (χ3v) is 8.68. The Hall–Kier alpha value is -2.97. The molecule has 3 aromatic heterocycles. The Morgan fingerprint density at radius 1 is 1.00 bits per heavy atom. The molecule has 2 N–H and O–H groups in total. The summed E-state index contributed by atoms with van der Waals surface area (Å²) in [6, 6.07) is 5.76. The van der Waals surface area contributed by atoms with E-state index in [0.717, 1.165) is 85.1 Å². The number of aryl methyl sites for hydroxylation is 1. The van der Waals surface area contributed by atoms with Crippen LogP contribution in [0.15, 0.2) is 29.5 Å². The molecule has 2 fully saturated rings. The summed E-state index contributed by atoms with van der Waals surface area (Å²) in [7, 11) is 0. The molecular formula is C29H38N6O2. The first-order valence-corrected chi connectivity index (χ1v) is 13.8. The van der Waals surface area contributed by atoms with Gasteiger partial charge in [-0.3, -0.25) is 4.57 Å². The van der Waals surface area contributed by atoms with Crippen LogP contribution in [-0.2, 0) is 4.74 Å². The Kier molecular flexibility index (Phi) is 6.41. The molecule has 0 bridgehead atoms. The maximum atomic E-state index is 13.3. The van der Waals surface area contributed by atoms with Crippen LogP contribution >= 0.6 is 0 Å². The number of rotatable bonds is 5. The average Bonchev–Trinajstić information content (AvgIpc) is 3.50. The third-order valence-electron chi connectivity index (χ3n) is 8.68. The normalized spacial score (nSPS) is 21.4. The highest BCUT2D eigenvalue weighted by Gasteiger charge is 2.28. The molecule has 2 aliphatic rings. The van der Waals surface area contributed by atoms with Gasteiger partial charge in [0.2, 0.25) is 0 Å². The van der Waals surface area contributed by atoms with E-state index in [1.807, 2.05) is 9.08 Å². The van der Waals surface area contributed by atoms with Gasteiger partial charge in [0.1, 0.15) is 6.33 Å². The van der Waals surface area contributed by atoms with Crippen molar-refractivity contribution < 1.29 is 4.74 Å². The number of nitrogens with zero attached hydrogens (tertiary/aromatic N) is 4. The molecular weight excluding hydrogens is 464 g/mol. The SMILES string of the molecule is Cc1c(-c2cc3[nH]c(=O)n(C4CCC(NC5CCOCC5)CC4)c3cc2C(C)C)cn2ncnc2c1C. The first-order chi connectivity index (χ1) is 17.9. The number of aromatic nitrogens is 5. The number of benzene rings is 1. The molecule has 0 radical (unpaired) electrons. The van der Waals surface area contributed by atoms with E-state index in [1.165, 1.54) is 11.1 Å². The zero-order valence-corrected chi connectivity index (χ0v) is 22.4. The Bertz CT molecular complexity index is 1480. The fourth-order valence-corrected chi connectivity index (χ4v) is 6.43. The Balaban J connectivity index is 1.34. The molecule has 6 rings (SSSR count). The first-order valence-electron chi connectivity index (χ1n) is 13.8. The van der Waals surface area contributed by atoms with Crippen LogP contribution < -0.4 is 11.0 Å². The van der Waals surface area contributed by atoms with Crippen LogP contribution in [-0.4, -0.2) is 49.4 Å². The molecule has 0 atom stereocenters. The maximum Gasteiger partial charge on any atom is 0.326 e. The first kappa shape index (κ1) is 24.4. The van der Waals surface area contributed by atoms with Crippen molar-refractivity contribution in [1.29, 1.82) is 0 Å². The van der Waals surface area contributed by atoms with E-state index >= 15 is 0 Å². The molecule has 37 heavy (non-hydrogen) atoms. The summed E-state index contributed by atoms with van der Waals surface area (Å²) in [4.78, 5) is 20.9. The lowest BCUT2D eigenvalue weighted by molar-refractivity contribution is 0.0724. The summed E-state index contributed by atoms with van der Waals surface area (Å²) in [6.45, 7) is 10.4. The second-order valence-corrected chi connectivity index (χ2v) is 11.3. The predicted octanol–water partition coefficient (Wildman–Crippen LogP) is 5.03. The topological polar surface area (TPSA) is 89.2 Å². The third kappa shape index (κ3) is 4.40. The van der Waals surface area contributed by atoms with Crippen molar-refractivity contribution in [1.82, 2.24) is 29.5 Å². The number of aromatic amines is 1. The number of H-pyrrole nitrogens is 1. The number of ether oxygens (including phenoxy) is 1. The molecule has 1 aliphatic carbocycles. The fraction of sp³-hybridized carbons (Fsp3) is 0.552. The van der Waals surface area contributed by atoms with E-state index in [9.17, 15) is 4.79 Å². The molecule has 0 unspecified atom stereocenters. The van der Waals surface area contributed by atoms with Crippen molar-refractivity contribution in [3.63, 3.8) is 0 Å². The molecule has 1 aromatic carbocycles. The van der Waals surface area contributed by atoms with Gasteiger partial charge in [-0.2, -0.15) is 5.10 Å². The van der Waals surface area contributed by atoms with E-state index in [2.05, 4.69) is 66.4 Å². The zero-order chi connectivity index (χ0) is 25.7. The van der Waals surface area contributed by atoms with Crippen molar-refractivity contribution >= 4 is 16.7 Å². The number of fused-ring (bicyclic) bond motifs is 2. The van der Waals surface area contributed by atoms with Crippen LogP contribution in [0, 0.1) is 13.8 Å². The Morgan fingerprint density at radius 2 is 1.73 bits per heavy atom. The van der Waals surface area contributed by atoms with Crippen molar-refractivity contribution in [2.24, 2.45) is 0 Å². The lowest BCUT2D eigenvalue weighted by atomic mass is 9.88.